The van der Waals surface area contributed by atoms with Crippen LogP contribution in [0.4, 0.5) is 0 Å². The topological polar surface area (TPSA) is 78.4 Å². The highest BCUT2D eigenvalue weighted by Crippen LogP contribution is 2.26. The number of hydrogen-bond donors (Lipinski definition) is 3. The summed E-state index contributed by atoms with van der Waals surface area (Å²) >= 11 is 0. The van der Waals surface area contributed by atoms with E-state index in [-0.39, 0.29) is 24.3 Å². The van der Waals surface area contributed by atoms with Gasteiger partial charge in [0.05, 0.1) is 12.3 Å². The molecule has 136 valence electrons. The van der Waals surface area contributed by atoms with Gasteiger partial charge in [0, 0.05) is 6.04 Å². The van der Waals surface area contributed by atoms with Crippen molar-refractivity contribution in [1.29, 1.82) is 0 Å². The van der Waals surface area contributed by atoms with Crippen LogP contribution in [0.3, 0.4) is 0 Å². The number of hydroxylamine groups is 1. The Labute approximate surface area is 153 Å². The zero-order valence-corrected chi connectivity index (χ0v) is 14.9. The van der Waals surface area contributed by atoms with Crippen LogP contribution in [0.1, 0.15) is 30.4 Å². The second-order valence-electron chi connectivity index (χ2n) is 6.88. The number of carbonyl (C=O) groups is 2. The summed E-state index contributed by atoms with van der Waals surface area (Å²) in [4.78, 5) is 24.0. The van der Waals surface area contributed by atoms with Crippen LogP contribution in [0, 0.1) is 12.8 Å². The van der Waals surface area contributed by atoms with Gasteiger partial charge in [-0.3, -0.25) is 14.8 Å². The van der Waals surface area contributed by atoms with Crippen molar-refractivity contribution >= 4 is 11.8 Å². The van der Waals surface area contributed by atoms with Crippen LogP contribution in [0.5, 0.6) is 0 Å². The molecule has 2 atom stereocenters. The van der Waals surface area contributed by atoms with Crippen LogP contribution in [-0.2, 0) is 16.0 Å². The molecular formula is C21H24N2O3. The molecule has 1 saturated carbocycles. The SMILES string of the molecule is Cc1ccccc1-c1ccc(CC(=O)N[C@@H]2CCC[C@@H]2C(=O)NO)cc1. The minimum Gasteiger partial charge on any atom is -0.352 e. The highest BCUT2D eigenvalue weighted by Gasteiger charge is 2.33. The summed E-state index contributed by atoms with van der Waals surface area (Å²) in [5.74, 6) is -0.876. The van der Waals surface area contributed by atoms with Gasteiger partial charge in [-0.2, -0.15) is 0 Å². The Morgan fingerprint density at radius 1 is 1.08 bits per heavy atom. The second kappa shape index (κ2) is 8.15. The Balaban J connectivity index is 1.61. The first-order valence-electron chi connectivity index (χ1n) is 8.96. The average Bonchev–Trinajstić information content (AvgIpc) is 3.10. The molecule has 2 aromatic carbocycles. The first kappa shape index (κ1) is 18.1. The van der Waals surface area contributed by atoms with E-state index in [4.69, 9.17) is 5.21 Å². The normalized spacial score (nSPS) is 19.2. The number of aryl methyl sites for hydroxylation is 1. The summed E-state index contributed by atoms with van der Waals surface area (Å²) < 4.78 is 0. The van der Waals surface area contributed by atoms with Crippen molar-refractivity contribution in [2.24, 2.45) is 5.92 Å². The predicted octanol–water partition coefficient (Wildman–Crippen LogP) is 2.99. The van der Waals surface area contributed by atoms with E-state index in [1.165, 1.54) is 11.1 Å². The van der Waals surface area contributed by atoms with E-state index in [2.05, 4.69) is 24.4 Å². The van der Waals surface area contributed by atoms with Crippen LogP contribution in [0.2, 0.25) is 0 Å². The molecule has 2 aromatic rings. The van der Waals surface area contributed by atoms with Crippen molar-refractivity contribution in [3.63, 3.8) is 0 Å². The molecule has 26 heavy (non-hydrogen) atoms. The summed E-state index contributed by atoms with van der Waals surface area (Å²) in [6.07, 6.45) is 2.59. The number of benzene rings is 2. The molecule has 3 N–H and O–H groups in total. The van der Waals surface area contributed by atoms with E-state index in [1.54, 1.807) is 5.48 Å². The molecule has 0 bridgehead atoms. The van der Waals surface area contributed by atoms with Crippen molar-refractivity contribution in [3.8, 4) is 11.1 Å². The maximum atomic E-state index is 12.3. The number of carbonyl (C=O) groups excluding carboxylic acids is 2. The van der Waals surface area contributed by atoms with E-state index in [1.807, 2.05) is 36.4 Å². The summed E-state index contributed by atoms with van der Waals surface area (Å²) in [5.41, 5.74) is 6.16. The Morgan fingerprint density at radius 2 is 1.81 bits per heavy atom. The first-order chi connectivity index (χ1) is 12.6. The van der Waals surface area contributed by atoms with E-state index in [0.717, 1.165) is 24.0 Å². The third-order valence-corrected chi connectivity index (χ3v) is 5.08. The van der Waals surface area contributed by atoms with Gasteiger partial charge in [0.2, 0.25) is 11.8 Å². The monoisotopic (exact) mass is 352 g/mol. The van der Waals surface area contributed by atoms with Crippen molar-refractivity contribution in [2.75, 3.05) is 0 Å². The molecule has 0 radical (unpaired) electrons. The van der Waals surface area contributed by atoms with E-state index >= 15 is 0 Å². The number of hydrogen-bond acceptors (Lipinski definition) is 3. The minimum atomic E-state index is -0.421. The van der Waals surface area contributed by atoms with Crippen molar-refractivity contribution in [2.45, 2.75) is 38.6 Å². The van der Waals surface area contributed by atoms with Gasteiger partial charge in [0.1, 0.15) is 0 Å². The van der Waals surface area contributed by atoms with Crippen LogP contribution in [0.15, 0.2) is 48.5 Å². The molecule has 2 amide bonds. The summed E-state index contributed by atoms with van der Waals surface area (Å²) in [6, 6.07) is 16.0. The van der Waals surface area contributed by atoms with Crippen molar-refractivity contribution in [1.82, 2.24) is 10.8 Å². The fourth-order valence-electron chi connectivity index (χ4n) is 3.67. The molecule has 0 spiro atoms. The lowest BCUT2D eigenvalue weighted by molar-refractivity contribution is -0.134. The molecular weight excluding hydrogens is 328 g/mol. The third kappa shape index (κ3) is 4.11. The quantitative estimate of drug-likeness (QED) is 0.572. The maximum absolute atomic E-state index is 12.3. The van der Waals surface area contributed by atoms with Gasteiger partial charge in [-0.15, -0.1) is 0 Å². The van der Waals surface area contributed by atoms with E-state index < -0.39 is 5.91 Å². The Hall–Kier alpha value is -2.66. The minimum absolute atomic E-state index is 0.101. The predicted molar refractivity (Wildman–Crippen MR) is 99.5 cm³/mol. The molecule has 0 aromatic heterocycles. The Bertz CT molecular complexity index is 786. The van der Waals surface area contributed by atoms with Gasteiger partial charge in [-0.05, 0) is 42.0 Å². The lowest BCUT2D eigenvalue weighted by atomic mass is 9.98. The molecule has 5 nitrogen and oxygen atoms in total. The van der Waals surface area contributed by atoms with Crippen LogP contribution in [-0.4, -0.2) is 23.1 Å². The molecule has 0 saturated heterocycles. The van der Waals surface area contributed by atoms with Gasteiger partial charge >= 0.3 is 0 Å². The number of rotatable bonds is 5. The standard InChI is InChI=1S/C21H24N2O3/c1-14-5-2-3-6-17(14)16-11-9-15(10-12-16)13-20(24)22-19-8-4-7-18(19)21(25)23-26/h2-3,5-6,9-12,18-19,26H,4,7-8,13H2,1H3,(H,22,24)(H,23,25)/t18-,19+/m0/s1. The van der Waals surface area contributed by atoms with Crippen molar-refractivity contribution in [3.05, 3.63) is 59.7 Å². The molecule has 3 rings (SSSR count). The summed E-state index contributed by atoms with van der Waals surface area (Å²) in [5, 5.41) is 11.7. The van der Waals surface area contributed by atoms with Gasteiger partial charge < -0.3 is 5.32 Å². The lowest BCUT2D eigenvalue weighted by Gasteiger charge is -2.19. The maximum Gasteiger partial charge on any atom is 0.248 e. The van der Waals surface area contributed by atoms with Crippen LogP contribution < -0.4 is 10.8 Å². The van der Waals surface area contributed by atoms with Gasteiger partial charge in [-0.25, -0.2) is 5.48 Å². The highest BCUT2D eigenvalue weighted by atomic mass is 16.5. The fourth-order valence-corrected chi connectivity index (χ4v) is 3.67. The lowest BCUT2D eigenvalue weighted by Crippen LogP contribution is -2.43. The molecule has 0 aliphatic heterocycles. The first-order valence-corrected chi connectivity index (χ1v) is 8.96. The number of nitrogens with one attached hydrogen (secondary N) is 2. The highest BCUT2D eigenvalue weighted by molar-refractivity contribution is 5.82. The van der Waals surface area contributed by atoms with Gasteiger partial charge in [0.15, 0.2) is 0 Å². The van der Waals surface area contributed by atoms with Crippen molar-refractivity contribution < 1.29 is 14.8 Å². The largest absolute Gasteiger partial charge is 0.352 e. The zero-order chi connectivity index (χ0) is 18.5. The molecule has 1 fully saturated rings. The molecule has 5 heteroatoms. The smallest absolute Gasteiger partial charge is 0.248 e. The zero-order valence-electron chi connectivity index (χ0n) is 14.9. The summed E-state index contributed by atoms with van der Waals surface area (Å²) in [6.45, 7) is 2.08. The Morgan fingerprint density at radius 3 is 2.50 bits per heavy atom. The van der Waals surface area contributed by atoms with Gasteiger partial charge in [-0.1, -0.05) is 55.0 Å². The molecule has 0 unspecified atom stereocenters. The molecule has 0 heterocycles. The Kier molecular flexibility index (Phi) is 5.68. The average molecular weight is 352 g/mol. The van der Waals surface area contributed by atoms with Gasteiger partial charge in [0.25, 0.3) is 0 Å². The molecule has 1 aliphatic carbocycles. The molecule has 1 aliphatic rings. The fraction of sp³-hybridized carbons (Fsp3) is 0.333. The van der Waals surface area contributed by atoms with Crippen LogP contribution in [0.25, 0.3) is 11.1 Å². The third-order valence-electron chi connectivity index (χ3n) is 5.08. The summed E-state index contributed by atoms with van der Waals surface area (Å²) in [7, 11) is 0. The number of amides is 2. The van der Waals surface area contributed by atoms with E-state index in [9.17, 15) is 9.59 Å². The second-order valence-corrected chi connectivity index (χ2v) is 6.88. The van der Waals surface area contributed by atoms with Crippen LogP contribution >= 0.6 is 0 Å². The van der Waals surface area contributed by atoms with E-state index in [0.29, 0.717) is 6.42 Å².